The fraction of sp³-hybridized carbons (Fsp3) is 0. The first-order valence-corrected chi connectivity index (χ1v) is 5.18. The van der Waals surface area contributed by atoms with E-state index in [1.165, 1.54) is 0 Å². The number of hydrogen-bond acceptors (Lipinski definition) is 2. The molecule has 2 aromatic heterocycles. The third-order valence-electron chi connectivity index (χ3n) is 1.72. The zero-order chi connectivity index (χ0) is 9.97. The molecule has 0 N–H and O–H groups in total. The van der Waals surface area contributed by atoms with Crippen LogP contribution in [0.15, 0.2) is 41.1 Å². The maximum absolute atomic E-state index is 5.99. The van der Waals surface area contributed by atoms with Gasteiger partial charge in [-0.05, 0) is 40.2 Å². The Morgan fingerprint density at radius 1 is 1.14 bits per heavy atom. The van der Waals surface area contributed by atoms with Crippen LogP contribution in [-0.2, 0) is 0 Å². The number of aromatic nitrogens is 2. The molecule has 2 nitrogen and oxygen atoms in total. The van der Waals surface area contributed by atoms with Crippen molar-refractivity contribution in [3.05, 3.63) is 46.2 Å². The van der Waals surface area contributed by atoms with Crippen LogP contribution >= 0.6 is 27.5 Å². The van der Waals surface area contributed by atoms with Gasteiger partial charge in [-0.1, -0.05) is 17.7 Å². The predicted octanol–water partition coefficient (Wildman–Crippen LogP) is 3.56. The molecule has 14 heavy (non-hydrogen) atoms. The molecule has 70 valence electrons. The lowest BCUT2D eigenvalue weighted by atomic mass is 10.2. The van der Waals surface area contributed by atoms with Crippen LogP contribution in [0.5, 0.6) is 0 Å². The fourth-order valence-electron chi connectivity index (χ4n) is 1.11. The molecule has 0 unspecified atom stereocenters. The van der Waals surface area contributed by atoms with Gasteiger partial charge >= 0.3 is 0 Å². The van der Waals surface area contributed by atoms with Crippen molar-refractivity contribution in [3.63, 3.8) is 0 Å². The van der Waals surface area contributed by atoms with E-state index in [0.717, 1.165) is 10.3 Å². The summed E-state index contributed by atoms with van der Waals surface area (Å²) in [6, 6.07) is 9.23. The maximum Gasteiger partial charge on any atom is 0.107 e. The van der Waals surface area contributed by atoms with Gasteiger partial charge in [-0.15, -0.1) is 0 Å². The second-order valence-corrected chi connectivity index (χ2v) is 3.90. The highest BCUT2D eigenvalue weighted by Crippen LogP contribution is 2.24. The molecule has 0 aliphatic carbocycles. The first-order valence-electron chi connectivity index (χ1n) is 4.01. The molecule has 2 heterocycles. The molecule has 0 bridgehead atoms. The van der Waals surface area contributed by atoms with Gasteiger partial charge in [0.2, 0.25) is 0 Å². The monoisotopic (exact) mass is 268 g/mol. The first kappa shape index (κ1) is 9.62. The standard InChI is InChI=1S/C10H6BrClN2/c11-9-5-1-4-8(14-9)10-7(12)3-2-6-13-10/h1-6H. The summed E-state index contributed by atoms with van der Waals surface area (Å²) in [6.45, 7) is 0. The van der Waals surface area contributed by atoms with E-state index in [4.69, 9.17) is 11.6 Å². The molecule has 0 saturated carbocycles. The Morgan fingerprint density at radius 3 is 2.71 bits per heavy atom. The molecule has 0 aliphatic heterocycles. The minimum Gasteiger partial charge on any atom is -0.253 e. The number of hydrogen-bond donors (Lipinski definition) is 0. The van der Waals surface area contributed by atoms with E-state index < -0.39 is 0 Å². The predicted molar refractivity (Wildman–Crippen MR) is 60.2 cm³/mol. The van der Waals surface area contributed by atoms with Crippen LogP contribution in [0.4, 0.5) is 0 Å². The fourth-order valence-corrected chi connectivity index (χ4v) is 1.68. The molecule has 2 aromatic rings. The van der Waals surface area contributed by atoms with Crippen molar-refractivity contribution in [1.82, 2.24) is 9.97 Å². The third kappa shape index (κ3) is 1.94. The Bertz CT molecular complexity index is 459. The van der Waals surface area contributed by atoms with Crippen LogP contribution in [0.3, 0.4) is 0 Å². The molecule has 0 spiro atoms. The normalized spacial score (nSPS) is 10.1. The summed E-state index contributed by atoms with van der Waals surface area (Å²) in [4.78, 5) is 8.45. The summed E-state index contributed by atoms with van der Waals surface area (Å²) in [5.41, 5.74) is 1.47. The smallest absolute Gasteiger partial charge is 0.107 e. The van der Waals surface area contributed by atoms with E-state index in [1.54, 1.807) is 18.3 Å². The lowest BCUT2D eigenvalue weighted by molar-refractivity contribution is 1.22. The summed E-state index contributed by atoms with van der Waals surface area (Å²) < 4.78 is 0.775. The van der Waals surface area contributed by atoms with E-state index in [2.05, 4.69) is 25.9 Å². The van der Waals surface area contributed by atoms with Crippen molar-refractivity contribution in [2.24, 2.45) is 0 Å². The molecule has 0 radical (unpaired) electrons. The van der Waals surface area contributed by atoms with Crippen LogP contribution in [0, 0.1) is 0 Å². The average molecular weight is 270 g/mol. The Kier molecular flexibility index (Phi) is 2.79. The van der Waals surface area contributed by atoms with Gasteiger partial charge in [-0.2, -0.15) is 0 Å². The van der Waals surface area contributed by atoms with E-state index in [0.29, 0.717) is 10.7 Å². The van der Waals surface area contributed by atoms with Crippen molar-refractivity contribution < 1.29 is 0 Å². The molecule has 0 aliphatic rings. The quantitative estimate of drug-likeness (QED) is 0.740. The van der Waals surface area contributed by atoms with E-state index in [1.807, 2.05) is 18.2 Å². The molecule has 4 heteroatoms. The van der Waals surface area contributed by atoms with Crippen LogP contribution in [0.25, 0.3) is 11.4 Å². The summed E-state index contributed by atoms with van der Waals surface area (Å²) in [6.07, 6.45) is 1.70. The molecular weight excluding hydrogens is 263 g/mol. The summed E-state index contributed by atoms with van der Waals surface area (Å²) in [5, 5.41) is 0.609. The van der Waals surface area contributed by atoms with Gasteiger partial charge in [0.1, 0.15) is 10.3 Å². The number of pyridine rings is 2. The number of halogens is 2. The van der Waals surface area contributed by atoms with Gasteiger partial charge in [0, 0.05) is 6.20 Å². The minimum absolute atomic E-state index is 0.609. The van der Waals surface area contributed by atoms with Crippen molar-refractivity contribution in [3.8, 4) is 11.4 Å². The molecule has 0 fully saturated rings. The van der Waals surface area contributed by atoms with Gasteiger partial charge in [-0.3, -0.25) is 4.98 Å². The lowest BCUT2D eigenvalue weighted by Gasteiger charge is -2.01. The van der Waals surface area contributed by atoms with Gasteiger partial charge in [-0.25, -0.2) is 4.98 Å². The van der Waals surface area contributed by atoms with Crippen LogP contribution in [0.2, 0.25) is 5.02 Å². The first-order chi connectivity index (χ1) is 6.77. The van der Waals surface area contributed by atoms with Crippen molar-refractivity contribution >= 4 is 27.5 Å². The maximum atomic E-state index is 5.99. The lowest BCUT2D eigenvalue weighted by Crippen LogP contribution is -1.87. The van der Waals surface area contributed by atoms with Crippen molar-refractivity contribution in [2.75, 3.05) is 0 Å². The molecule has 0 amide bonds. The Labute approximate surface area is 95.1 Å². The second-order valence-electron chi connectivity index (χ2n) is 2.68. The highest BCUT2D eigenvalue weighted by atomic mass is 79.9. The third-order valence-corrected chi connectivity index (χ3v) is 2.46. The van der Waals surface area contributed by atoms with Crippen LogP contribution in [-0.4, -0.2) is 9.97 Å². The van der Waals surface area contributed by atoms with E-state index in [-0.39, 0.29) is 0 Å². The Hall–Kier alpha value is -0.930. The zero-order valence-corrected chi connectivity index (χ0v) is 9.46. The molecular formula is C10H6BrClN2. The molecule has 0 saturated heterocycles. The SMILES string of the molecule is Clc1cccnc1-c1cccc(Br)n1. The van der Waals surface area contributed by atoms with E-state index in [9.17, 15) is 0 Å². The Balaban J connectivity index is 2.55. The van der Waals surface area contributed by atoms with Crippen molar-refractivity contribution in [2.45, 2.75) is 0 Å². The Morgan fingerprint density at radius 2 is 2.00 bits per heavy atom. The second kappa shape index (κ2) is 4.07. The number of nitrogens with zero attached hydrogens (tertiary/aromatic N) is 2. The molecule has 0 atom stereocenters. The van der Waals surface area contributed by atoms with E-state index >= 15 is 0 Å². The molecule has 2 rings (SSSR count). The topological polar surface area (TPSA) is 25.8 Å². The summed E-state index contributed by atoms with van der Waals surface area (Å²) >= 11 is 9.30. The largest absolute Gasteiger partial charge is 0.253 e. The number of rotatable bonds is 1. The van der Waals surface area contributed by atoms with Crippen molar-refractivity contribution in [1.29, 1.82) is 0 Å². The van der Waals surface area contributed by atoms with Crippen LogP contribution in [0.1, 0.15) is 0 Å². The van der Waals surface area contributed by atoms with Crippen LogP contribution < -0.4 is 0 Å². The highest BCUT2D eigenvalue weighted by Gasteiger charge is 2.05. The molecule has 0 aromatic carbocycles. The van der Waals surface area contributed by atoms with Gasteiger partial charge in [0.15, 0.2) is 0 Å². The average Bonchev–Trinajstić information content (AvgIpc) is 2.18. The zero-order valence-electron chi connectivity index (χ0n) is 7.11. The van der Waals surface area contributed by atoms with Gasteiger partial charge in [0.05, 0.1) is 10.7 Å². The minimum atomic E-state index is 0.609. The van der Waals surface area contributed by atoms with Gasteiger partial charge < -0.3 is 0 Å². The summed E-state index contributed by atoms with van der Waals surface area (Å²) in [5.74, 6) is 0. The van der Waals surface area contributed by atoms with Gasteiger partial charge in [0.25, 0.3) is 0 Å². The highest BCUT2D eigenvalue weighted by molar-refractivity contribution is 9.10. The summed E-state index contributed by atoms with van der Waals surface area (Å²) in [7, 11) is 0.